The van der Waals surface area contributed by atoms with Crippen LogP contribution in [0.5, 0.6) is 17.4 Å². The van der Waals surface area contributed by atoms with E-state index in [-0.39, 0.29) is 18.3 Å². The predicted molar refractivity (Wildman–Crippen MR) is 196 cm³/mol. The summed E-state index contributed by atoms with van der Waals surface area (Å²) in [4.78, 5) is 21.8. The molecular weight excluding hydrogens is 632 g/mol. The van der Waals surface area contributed by atoms with Gasteiger partial charge in [-0.05, 0) is 89.2 Å². The summed E-state index contributed by atoms with van der Waals surface area (Å²) < 4.78 is 12.0. The van der Waals surface area contributed by atoms with E-state index in [1.54, 1.807) is 30.5 Å². The fourth-order valence-corrected chi connectivity index (χ4v) is 5.79. The summed E-state index contributed by atoms with van der Waals surface area (Å²) in [7, 11) is 0. The third kappa shape index (κ3) is 9.35. The van der Waals surface area contributed by atoms with Crippen molar-refractivity contribution in [2.45, 2.75) is 27.0 Å². The van der Waals surface area contributed by atoms with Crippen molar-refractivity contribution in [1.29, 1.82) is 5.26 Å². The first kappa shape index (κ1) is 34.9. The number of carbonyl (C=O) groups excluding carboxylic acids is 1. The standard InChI is InChI=1S/C41H38N4O3.ClH/c1-30-24-35(25-31(2)41(30)48-39-18-17-38(27-43-39)47-29-34-10-8-32(26-42)9-11-34)14-19-40(46)45-22-20-44(21-23-45)28-33-12-15-37(16-13-33)36-6-4-3-5-7-36;/h3-19,24-25,27H,20-23,28-29H2,1-2H3;1H. The first-order valence-corrected chi connectivity index (χ1v) is 16.1. The van der Waals surface area contributed by atoms with E-state index in [4.69, 9.17) is 14.7 Å². The molecule has 0 unspecified atom stereocenters. The Morgan fingerprint density at radius 1 is 0.837 bits per heavy atom. The number of piperazine rings is 1. The minimum Gasteiger partial charge on any atom is -0.487 e. The van der Waals surface area contributed by atoms with Crippen LogP contribution in [0.3, 0.4) is 0 Å². The number of benzene rings is 4. The number of pyridine rings is 1. The van der Waals surface area contributed by atoms with Gasteiger partial charge in [0.05, 0.1) is 17.8 Å². The van der Waals surface area contributed by atoms with Gasteiger partial charge < -0.3 is 14.4 Å². The monoisotopic (exact) mass is 670 g/mol. The molecule has 1 aliphatic rings. The number of ether oxygens (including phenoxy) is 2. The van der Waals surface area contributed by atoms with Crippen LogP contribution >= 0.6 is 12.4 Å². The molecule has 1 fully saturated rings. The second-order valence-electron chi connectivity index (χ2n) is 12.0. The Labute approximate surface area is 294 Å². The summed E-state index contributed by atoms with van der Waals surface area (Å²) in [5.41, 5.74) is 8.17. The number of amides is 1. The quantitative estimate of drug-likeness (QED) is 0.139. The Kier molecular flexibility index (Phi) is 11.8. The molecule has 0 saturated carbocycles. The fraction of sp³-hybridized carbons (Fsp3) is 0.195. The molecule has 0 spiro atoms. The normalized spacial score (nSPS) is 13.0. The number of hydrogen-bond acceptors (Lipinski definition) is 6. The summed E-state index contributed by atoms with van der Waals surface area (Å²) in [6.07, 6.45) is 5.19. The predicted octanol–water partition coefficient (Wildman–Crippen LogP) is 8.39. The lowest BCUT2D eigenvalue weighted by atomic mass is 10.0. The minimum absolute atomic E-state index is 0. The van der Waals surface area contributed by atoms with Crippen molar-refractivity contribution < 1.29 is 14.3 Å². The molecular formula is C41H39ClN4O3. The highest BCUT2D eigenvalue weighted by Crippen LogP contribution is 2.30. The maximum atomic E-state index is 13.0. The number of aromatic nitrogens is 1. The van der Waals surface area contributed by atoms with Crippen LogP contribution in [-0.2, 0) is 17.9 Å². The number of carbonyl (C=O) groups is 1. The molecule has 7 nitrogen and oxygen atoms in total. The van der Waals surface area contributed by atoms with E-state index in [2.05, 4.69) is 64.5 Å². The summed E-state index contributed by atoms with van der Waals surface area (Å²) in [5, 5.41) is 8.95. The van der Waals surface area contributed by atoms with Crippen molar-refractivity contribution in [2.24, 2.45) is 0 Å². The highest BCUT2D eigenvalue weighted by atomic mass is 35.5. The first-order valence-electron chi connectivity index (χ1n) is 16.1. The van der Waals surface area contributed by atoms with Gasteiger partial charge in [0.15, 0.2) is 0 Å². The Morgan fingerprint density at radius 3 is 2.12 bits per heavy atom. The average Bonchev–Trinajstić information content (AvgIpc) is 3.13. The zero-order valence-electron chi connectivity index (χ0n) is 27.7. The van der Waals surface area contributed by atoms with Crippen LogP contribution in [0.25, 0.3) is 17.2 Å². The van der Waals surface area contributed by atoms with Crippen molar-refractivity contribution in [3.05, 3.63) is 149 Å². The van der Waals surface area contributed by atoms with Gasteiger partial charge in [0.1, 0.15) is 18.1 Å². The molecule has 0 bridgehead atoms. The summed E-state index contributed by atoms with van der Waals surface area (Å²) in [5.74, 6) is 1.86. The lowest BCUT2D eigenvalue weighted by Crippen LogP contribution is -2.47. The molecule has 0 atom stereocenters. The molecule has 8 heteroatoms. The van der Waals surface area contributed by atoms with Gasteiger partial charge in [-0.3, -0.25) is 9.69 Å². The van der Waals surface area contributed by atoms with Crippen LogP contribution in [0.1, 0.15) is 33.4 Å². The van der Waals surface area contributed by atoms with Gasteiger partial charge in [-0.15, -0.1) is 12.4 Å². The lowest BCUT2D eigenvalue weighted by Gasteiger charge is -2.34. The SMILES string of the molecule is Cc1cc(C=CC(=O)N2CCN(Cc3ccc(-c4ccccc4)cc3)CC2)cc(C)c1Oc1ccc(OCc2ccc(C#N)cc2)cn1.Cl. The Bertz CT molecular complexity index is 1890. The zero-order chi connectivity index (χ0) is 33.3. The van der Waals surface area contributed by atoms with E-state index in [0.29, 0.717) is 36.9 Å². The van der Waals surface area contributed by atoms with Crippen molar-refractivity contribution in [3.63, 3.8) is 0 Å². The molecule has 6 rings (SSSR count). The van der Waals surface area contributed by atoms with Crippen molar-refractivity contribution in [1.82, 2.24) is 14.8 Å². The molecule has 4 aromatic carbocycles. The number of nitrogens with zero attached hydrogens (tertiary/aromatic N) is 4. The summed E-state index contributed by atoms with van der Waals surface area (Å²) in [6.45, 7) is 8.36. The Balaban J connectivity index is 0.00000468. The molecule has 49 heavy (non-hydrogen) atoms. The zero-order valence-corrected chi connectivity index (χ0v) is 28.5. The van der Waals surface area contributed by atoms with E-state index >= 15 is 0 Å². The first-order chi connectivity index (χ1) is 23.4. The second-order valence-corrected chi connectivity index (χ2v) is 12.0. The summed E-state index contributed by atoms with van der Waals surface area (Å²) >= 11 is 0. The molecule has 1 amide bonds. The van der Waals surface area contributed by atoms with Crippen LogP contribution in [0.2, 0.25) is 0 Å². The smallest absolute Gasteiger partial charge is 0.246 e. The number of aryl methyl sites for hydroxylation is 2. The molecule has 0 radical (unpaired) electrons. The number of rotatable bonds is 10. The van der Waals surface area contributed by atoms with Gasteiger partial charge in [-0.2, -0.15) is 5.26 Å². The Hall–Kier alpha value is -5.42. The molecule has 5 aromatic rings. The Morgan fingerprint density at radius 2 is 1.49 bits per heavy atom. The topological polar surface area (TPSA) is 78.7 Å². The minimum atomic E-state index is 0. The molecule has 1 aliphatic heterocycles. The van der Waals surface area contributed by atoms with Gasteiger partial charge in [0, 0.05) is 44.9 Å². The maximum absolute atomic E-state index is 13.0. The number of hydrogen-bond donors (Lipinski definition) is 0. The third-order valence-electron chi connectivity index (χ3n) is 8.46. The number of nitriles is 1. The van der Waals surface area contributed by atoms with Gasteiger partial charge >= 0.3 is 0 Å². The largest absolute Gasteiger partial charge is 0.487 e. The van der Waals surface area contributed by atoms with Crippen LogP contribution in [0.4, 0.5) is 0 Å². The van der Waals surface area contributed by atoms with E-state index < -0.39 is 0 Å². The average molecular weight is 671 g/mol. The van der Waals surface area contributed by atoms with Crippen molar-refractivity contribution >= 4 is 24.4 Å². The highest BCUT2D eigenvalue weighted by molar-refractivity contribution is 5.92. The van der Waals surface area contributed by atoms with Crippen molar-refractivity contribution in [2.75, 3.05) is 26.2 Å². The van der Waals surface area contributed by atoms with Gasteiger partial charge in [-0.25, -0.2) is 4.98 Å². The fourth-order valence-electron chi connectivity index (χ4n) is 5.79. The van der Waals surface area contributed by atoms with Crippen LogP contribution in [0, 0.1) is 25.2 Å². The molecule has 0 aliphatic carbocycles. The third-order valence-corrected chi connectivity index (χ3v) is 8.46. The van der Waals surface area contributed by atoms with Crippen LogP contribution in [0.15, 0.2) is 115 Å². The van der Waals surface area contributed by atoms with Crippen LogP contribution in [-0.4, -0.2) is 46.9 Å². The molecule has 248 valence electrons. The van der Waals surface area contributed by atoms with Crippen molar-refractivity contribution in [3.8, 4) is 34.6 Å². The van der Waals surface area contributed by atoms with Gasteiger partial charge in [-0.1, -0.05) is 66.7 Å². The second kappa shape index (κ2) is 16.6. The van der Waals surface area contributed by atoms with Gasteiger partial charge in [0.25, 0.3) is 0 Å². The maximum Gasteiger partial charge on any atom is 0.246 e. The lowest BCUT2D eigenvalue weighted by molar-refractivity contribution is -0.127. The molecule has 2 heterocycles. The van der Waals surface area contributed by atoms with Crippen LogP contribution < -0.4 is 9.47 Å². The van der Waals surface area contributed by atoms with E-state index in [1.807, 2.05) is 61.2 Å². The highest BCUT2D eigenvalue weighted by Gasteiger charge is 2.20. The molecule has 0 N–H and O–H groups in total. The molecule has 1 saturated heterocycles. The van der Waals surface area contributed by atoms with E-state index in [9.17, 15) is 4.79 Å². The summed E-state index contributed by atoms with van der Waals surface area (Å²) in [6, 6.07) is 36.2. The van der Waals surface area contributed by atoms with Gasteiger partial charge in [0.2, 0.25) is 11.8 Å². The van der Waals surface area contributed by atoms with E-state index in [1.165, 1.54) is 16.7 Å². The number of halogens is 1. The van der Waals surface area contributed by atoms with E-state index in [0.717, 1.165) is 47.6 Å². The molecule has 1 aromatic heterocycles.